The molecule has 0 spiro atoms. The fraction of sp³-hybridized carbons (Fsp3) is 0.0490. The van der Waals surface area contributed by atoms with Crippen LogP contribution >= 0.6 is 0 Å². The summed E-state index contributed by atoms with van der Waals surface area (Å²) in [4.78, 5) is 68.6. The van der Waals surface area contributed by atoms with Crippen molar-refractivity contribution in [1.82, 2.24) is 29.7 Å². The van der Waals surface area contributed by atoms with Gasteiger partial charge in [-0.15, -0.1) is 0 Å². The number of aromatic nitrogens is 3. The van der Waals surface area contributed by atoms with Crippen LogP contribution in [0.1, 0.15) is 114 Å². The largest absolute Gasteiger partial charge is 2.00 e. The van der Waals surface area contributed by atoms with E-state index < -0.39 is 18.5 Å². The van der Waals surface area contributed by atoms with E-state index in [1.165, 1.54) is 21.8 Å². The maximum Gasteiger partial charge on any atom is 2.00 e. The number of hydrogen-bond acceptors (Lipinski definition) is 16. The number of aryl methyl sites for hydroxylation is 1. The van der Waals surface area contributed by atoms with Crippen molar-refractivity contribution in [3.63, 3.8) is 0 Å². The van der Waals surface area contributed by atoms with E-state index in [4.69, 9.17) is 64.9 Å². The van der Waals surface area contributed by atoms with E-state index in [1.807, 2.05) is 84.9 Å². The minimum Gasteiger partial charge on any atom is -0.344 e. The average Bonchev–Trinajstić information content (AvgIpc) is 1.57. The third-order valence-corrected chi connectivity index (χ3v) is 25.1. The second kappa shape index (κ2) is 26.8. The summed E-state index contributed by atoms with van der Waals surface area (Å²) < 4.78 is 7.30. The molecule has 0 saturated carbocycles. The maximum absolute atomic E-state index is 5.50. The summed E-state index contributed by atoms with van der Waals surface area (Å²) in [7, 11) is 0. The van der Waals surface area contributed by atoms with Crippen LogP contribution in [0.15, 0.2) is 368 Å². The minimum atomic E-state index is -0.548. The molecule has 16 bridgehead atoms. The summed E-state index contributed by atoms with van der Waals surface area (Å²) in [6.07, 6.45) is -1.42. The van der Waals surface area contributed by atoms with Gasteiger partial charge in [0.15, 0.2) is 58.4 Å². The van der Waals surface area contributed by atoms with E-state index in [0.29, 0.717) is 75.9 Å². The zero-order valence-electron chi connectivity index (χ0n) is 65.1. The number of nitrogens with zero attached hydrogens (tertiary/aromatic N) is 16. The number of rotatable bonds is 5. The topological polar surface area (TPSA) is 212 Å². The molecular weight excluding hydrogens is 1620 g/mol. The summed E-state index contributed by atoms with van der Waals surface area (Å²) in [5, 5.41) is 17.9. The molecule has 3 atom stereocenters. The monoisotopic (exact) mass is 1680 g/mol. The van der Waals surface area contributed by atoms with Gasteiger partial charge in [0, 0.05) is 150 Å². The molecule has 0 fully saturated rings. The average molecular weight is 1680 g/mol. The van der Waals surface area contributed by atoms with Crippen LogP contribution in [0.2, 0.25) is 0 Å². The second-order valence-corrected chi connectivity index (χ2v) is 31.7. The van der Waals surface area contributed by atoms with Gasteiger partial charge in [-0.3, -0.25) is 0 Å². The van der Waals surface area contributed by atoms with E-state index >= 15 is 0 Å². The second-order valence-electron chi connectivity index (χ2n) is 31.7. The quantitative estimate of drug-likeness (QED) is 0.144. The van der Waals surface area contributed by atoms with Crippen molar-refractivity contribution in [2.24, 2.45) is 64.9 Å². The molecule has 0 saturated heterocycles. The van der Waals surface area contributed by atoms with Gasteiger partial charge < -0.3 is 29.7 Å². The van der Waals surface area contributed by atoms with Gasteiger partial charge >= 0.3 is 34.1 Å². The Morgan fingerprint density at radius 1 is 0.236 bits per heavy atom. The van der Waals surface area contributed by atoms with Crippen LogP contribution in [0.4, 0.5) is 0 Å². The molecule has 10 aliphatic rings. The Hall–Kier alpha value is -15.4. The van der Waals surface area contributed by atoms with Crippen LogP contribution in [0.3, 0.4) is 0 Å². The molecule has 13 heterocycles. The predicted octanol–water partition coefficient (Wildman–Crippen LogP) is 19.1. The third kappa shape index (κ3) is 10.6. The Morgan fingerprint density at radius 3 is 0.943 bits per heavy atom. The normalized spacial score (nSPS) is 18.6. The zero-order chi connectivity index (χ0) is 79.0. The molecule has 123 heavy (non-hydrogen) atoms. The van der Waals surface area contributed by atoms with Crippen molar-refractivity contribution in [2.45, 2.75) is 32.0 Å². The van der Waals surface area contributed by atoms with Gasteiger partial charge in [0.2, 0.25) is 0 Å². The maximum atomic E-state index is 5.50. The first-order chi connectivity index (χ1) is 59.8. The molecule has 10 aliphatic heterocycles. The van der Waals surface area contributed by atoms with Crippen LogP contribution in [0, 0.1) is 0 Å². The molecule has 3 unspecified atom stereocenters. The Kier molecular flexibility index (Phi) is 15.4. The fourth-order valence-corrected chi connectivity index (χ4v) is 19.6. The molecule has 0 amide bonds. The van der Waals surface area contributed by atoms with Crippen LogP contribution in [-0.4, -0.2) is 89.6 Å². The number of nitrogens with one attached hydrogen (secondary N) is 3. The molecular formula is C102H61Cu2N19+3. The molecule has 583 valence electrons. The molecule has 21 heteroatoms. The SMILES string of the molecule is CCn1c2ccc(-n3c4ccccc4c4cc(-c5ccc6c(c5)C5=NC7=N/C(=N\C8NC(=NC9=NC(=NC6=N5)c5ccccc59)c5ccccc58)c5ccccc57)ccc43)cc2c2cc(-n3c4ccccc4c4cc(-c5ccc6c(c5)C5/N=C7\N=C(N=C8NC(/N=C9\N=C(N=C6N5)c5ccccc59)c5ccccc58)c5ccccc57)ccc43)ccc21.[Cu+2].[Cu+]. The molecule has 1 radical (unpaired) electrons. The van der Waals surface area contributed by atoms with Gasteiger partial charge in [-0.05, 0) is 120 Å². The first-order valence-electron chi connectivity index (χ1n) is 40.8. The Balaban J connectivity index is 0.00000416. The minimum absolute atomic E-state index is 0. The van der Waals surface area contributed by atoms with Gasteiger partial charge in [-0.2, -0.15) is 0 Å². The Morgan fingerprint density at radius 2 is 0.520 bits per heavy atom. The third-order valence-electron chi connectivity index (χ3n) is 25.1. The van der Waals surface area contributed by atoms with E-state index in [2.05, 4.69) is 255 Å². The van der Waals surface area contributed by atoms with Crippen molar-refractivity contribution >= 4 is 141 Å². The van der Waals surface area contributed by atoms with Gasteiger partial charge in [-0.25, -0.2) is 64.9 Å². The van der Waals surface area contributed by atoms with E-state index in [0.717, 1.165) is 173 Å². The van der Waals surface area contributed by atoms with E-state index in [9.17, 15) is 0 Å². The molecule has 17 aromatic rings. The number of amidine groups is 13. The number of fused-ring (bicyclic) bond motifs is 44. The summed E-state index contributed by atoms with van der Waals surface area (Å²) >= 11 is 0. The predicted molar refractivity (Wildman–Crippen MR) is 486 cm³/mol. The van der Waals surface area contributed by atoms with Crippen LogP contribution < -0.4 is 16.0 Å². The van der Waals surface area contributed by atoms with E-state index in [-0.39, 0.29) is 34.1 Å². The molecule has 3 aromatic heterocycles. The van der Waals surface area contributed by atoms with Crippen molar-refractivity contribution < 1.29 is 34.1 Å². The smallest absolute Gasteiger partial charge is 0.344 e. The number of para-hydroxylation sites is 2. The van der Waals surface area contributed by atoms with Crippen molar-refractivity contribution in [3.05, 3.63) is 392 Å². The van der Waals surface area contributed by atoms with Crippen molar-refractivity contribution in [2.75, 3.05) is 0 Å². The first kappa shape index (κ1) is 70.6. The van der Waals surface area contributed by atoms with Gasteiger partial charge in [0.05, 0.1) is 22.1 Å². The zero-order valence-corrected chi connectivity index (χ0v) is 66.9. The van der Waals surface area contributed by atoms with Crippen LogP contribution in [-0.2, 0) is 40.7 Å². The van der Waals surface area contributed by atoms with Crippen molar-refractivity contribution in [3.8, 4) is 33.6 Å². The van der Waals surface area contributed by atoms with Crippen LogP contribution in [0.5, 0.6) is 0 Å². The van der Waals surface area contributed by atoms with E-state index in [1.54, 1.807) is 0 Å². The molecule has 0 aliphatic carbocycles. The number of benzene rings is 14. The fourth-order valence-electron chi connectivity index (χ4n) is 19.6. The molecule has 3 N–H and O–H groups in total. The molecule has 19 nitrogen and oxygen atoms in total. The van der Waals surface area contributed by atoms with Gasteiger partial charge in [0.25, 0.3) is 0 Å². The molecule has 27 rings (SSSR count). The Bertz CT molecular complexity index is 8200. The summed E-state index contributed by atoms with van der Waals surface area (Å²) in [6, 6.07) is 107. The van der Waals surface area contributed by atoms with Crippen molar-refractivity contribution in [1.29, 1.82) is 0 Å². The van der Waals surface area contributed by atoms with Gasteiger partial charge in [0.1, 0.15) is 36.0 Å². The summed E-state index contributed by atoms with van der Waals surface area (Å²) in [5.41, 5.74) is 27.8. The molecule has 14 aromatic carbocycles. The standard InChI is InChI=1S/C102H61N19.2Cu/c1-2-119-81-45-39-57(120-83-33-17-15-19-59(83)75-47-55(37-43-85(75)120)53-35-41-73-79(49-53)101-115-97-71-31-13-11-29-69(71)93(111-97)107-89-63-23-5-3-21-61(63)87(103-89)105-91-65-25-7-9-27-67(65)95(109-91)113-99(73)117-101)51-77(81)78-52-58(40-46-82(78)119)121-84-34-18-16-20-60(84)76-48-56(38-44-86(76)121)54-36-42-74-80(50-54)102-116-98-72-32-14-12-30-70(72)94(112-98)108-90-64-24-6-4-22-62(64)88(104-90)106-92-66-26-8-10-28-68(66)96(110-92)114-100(74)118-102;;/h3-52,87,90,101H,2H2,1H3,(H,103,107,111,115)(H,105,109,113,117)(H,104,106,108,110,112,114,116,118);;/q;+1;+2. The van der Waals surface area contributed by atoms with Crippen LogP contribution in [0.25, 0.3) is 99.0 Å². The van der Waals surface area contributed by atoms with Gasteiger partial charge in [-0.1, -0.05) is 212 Å². The number of hydrogen-bond donors (Lipinski definition) is 3. The first-order valence-corrected chi connectivity index (χ1v) is 40.8. The summed E-state index contributed by atoms with van der Waals surface area (Å²) in [6.45, 7) is 3.04. The number of aliphatic imine (C=N–C) groups is 13. The summed E-state index contributed by atoms with van der Waals surface area (Å²) in [5.74, 6) is 7.61. The Labute approximate surface area is 722 Å².